The maximum Gasteiger partial charge on any atom is 0.254 e. The van der Waals surface area contributed by atoms with Crippen LogP contribution in [-0.2, 0) is 0 Å². The van der Waals surface area contributed by atoms with E-state index in [1.807, 2.05) is 18.2 Å². The van der Waals surface area contributed by atoms with Crippen LogP contribution in [0.15, 0.2) is 29.1 Å². The van der Waals surface area contributed by atoms with E-state index in [4.69, 9.17) is 5.73 Å². The van der Waals surface area contributed by atoms with E-state index in [9.17, 15) is 9.59 Å². The Labute approximate surface area is 171 Å². The van der Waals surface area contributed by atoms with Crippen molar-refractivity contribution in [2.45, 2.75) is 81.8 Å². The summed E-state index contributed by atoms with van der Waals surface area (Å²) in [4.78, 5) is 28.5. The van der Waals surface area contributed by atoms with E-state index in [2.05, 4.69) is 22.6 Å². The number of amides is 1. The number of piperidine rings is 1. The second-order valence-corrected chi connectivity index (χ2v) is 9.35. The molecule has 3 fully saturated rings. The van der Waals surface area contributed by atoms with Crippen LogP contribution >= 0.6 is 0 Å². The number of benzene rings is 1. The second-order valence-electron chi connectivity index (χ2n) is 9.35. The number of nitrogens with zero attached hydrogens (tertiary/aromatic N) is 2. The van der Waals surface area contributed by atoms with Gasteiger partial charge in [0.1, 0.15) is 5.56 Å². The number of carbonyl (C=O) groups excluding carboxylic acids is 1. The van der Waals surface area contributed by atoms with Crippen LogP contribution in [0, 0.1) is 0 Å². The van der Waals surface area contributed by atoms with Gasteiger partial charge in [0, 0.05) is 35.1 Å². The lowest BCUT2D eigenvalue weighted by Crippen LogP contribution is -2.41. The molecule has 3 heterocycles. The van der Waals surface area contributed by atoms with Crippen LogP contribution in [0.4, 0.5) is 0 Å². The first-order valence-electron chi connectivity index (χ1n) is 11.2. The summed E-state index contributed by atoms with van der Waals surface area (Å²) in [5.41, 5.74) is 7.86. The Kier molecular flexibility index (Phi) is 4.73. The molecule has 2 N–H and O–H groups in total. The van der Waals surface area contributed by atoms with Gasteiger partial charge in [-0.2, -0.15) is 0 Å². The molecular weight excluding hydrogens is 362 g/mol. The molecule has 3 aliphatic rings. The van der Waals surface area contributed by atoms with Crippen LogP contribution in [0.5, 0.6) is 0 Å². The predicted molar refractivity (Wildman–Crippen MR) is 115 cm³/mol. The van der Waals surface area contributed by atoms with Crippen LogP contribution in [0.1, 0.15) is 85.8 Å². The Hall–Kier alpha value is -2.14. The number of hydrogen-bond donors (Lipinski definition) is 1. The Morgan fingerprint density at radius 3 is 2.28 bits per heavy atom. The quantitative estimate of drug-likeness (QED) is 0.859. The molecule has 5 nitrogen and oxygen atoms in total. The molecule has 2 unspecified atom stereocenters. The summed E-state index contributed by atoms with van der Waals surface area (Å²) in [6, 6.07) is 9.23. The molecule has 2 atom stereocenters. The molecular formula is C24H31N3O2. The number of rotatable bonds is 3. The van der Waals surface area contributed by atoms with Gasteiger partial charge in [-0.15, -0.1) is 0 Å². The number of carbonyl (C=O) groups is 1. The molecule has 2 saturated heterocycles. The van der Waals surface area contributed by atoms with Crippen LogP contribution in [-0.4, -0.2) is 34.5 Å². The van der Waals surface area contributed by atoms with Crippen LogP contribution < -0.4 is 11.2 Å². The minimum absolute atomic E-state index is 0.179. The third-order valence-corrected chi connectivity index (χ3v) is 7.82. The first-order valence-corrected chi connectivity index (χ1v) is 11.2. The molecule has 1 saturated carbocycles. The molecule has 5 heteroatoms. The molecule has 5 rings (SSSR count). The zero-order valence-electron chi connectivity index (χ0n) is 17.3. The van der Waals surface area contributed by atoms with Gasteiger partial charge in [-0.25, -0.2) is 0 Å². The highest BCUT2D eigenvalue weighted by atomic mass is 16.2. The predicted octanol–water partition coefficient (Wildman–Crippen LogP) is 3.95. The number of fused-ring (bicyclic) bond motifs is 3. The molecule has 1 aromatic carbocycles. The number of para-hydroxylation sites is 1. The first-order chi connectivity index (χ1) is 14.1. The zero-order valence-corrected chi connectivity index (χ0v) is 17.3. The largest absolute Gasteiger partial charge is 0.365 e. The Bertz CT molecular complexity index is 991. The lowest BCUT2D eigenvalue weighted by atomic mass is 9.83. The molecule has 29 heavy (non-hydrogen) atoms. The van der Waals surface area contributed by atoms with Gasteiger partial charge in [-0.3, -0.25) is 9.59 Å². The monoisotopic (exact) mass is 393 g/mol. The zero-order chi connectivity index (χ0) is 20.1. The fraction of sp³-hybridized carbons (Fsp3) is 0.583. The molecule has 0 radical (unpaired) electrons. The molecule has 2 bridgehead atoms. The lowest BCUT2D eigenvalue weighted by Gasteiger charge is -2.39. The number of hydrogen-bond acceptors (Lipinski definition) is 3. The highest BCUT2D eigenvalue weighted by Gasteiger charge is 2.42. The van der Waals surface area contributed by atoms with Gasteiger partial charge >= 0.3 is 0 Å². The summed E-state index contributed by atoms with van der Waals surface area (Å²) in [5.74, 6) is -0.336. The van der Waals surface area contributed by atoms with Crippen molar-refractivity contribution in [2.24, 2.45) is 5.73 Å². The first kappa shape index (κ1) is 18.9. The van der Waals surface area contributed by atoms with E-state index in [0.717, 1.165) is 36.9 Å². The third kappa shape index (κ3) is 3.02. The smallest absolute Gasteiger partial charge is 0.254 e. The summed E-state index contributed by atoms with van der Waals surface area (Å²) in [6.45, 7) is 0. The maximum absolute atomic E-state index is 13.4. The summed E-state index contributed by atoms with van der Waals surface area (Å²) in [6.07, 6.45) is 10.3. The lowest BCUT2D eigenvalue weighted by molar-refractivity contribution is 0.0993. The van der Waals surface area contributed by atoms with Gasteiger partial charge in [0.2, 0.25) is 5.43 Å². The van der Waals surface area contributed by atoms with E-state index >= 15 is 0 Å². The van der Waals surface area contributed by atoms with Crippen molar-refractivity contribution in [1.29, 1.82) is 0 Å². The van der Waals surface area contributed by atoms with E-state index < -0.39 is 5.91 Å². The molecule has 1 aromatic heterocycles. The normalized spacial score (nSPS) is 28.1. The Morgan fingerprint density at radius 1 is 0.966 bits per heavy atom. The summed E-state index contributed by atoms with van der Waals surface area (Å²) < 4.78 is 2.38. The SMILES string of the molecule is CN1C2CCC1CC(c1c(C(N)=O)c(=O)c3ccccc3n1C1CCCCC1)C2. The highest BCUT2D eigenvalue weighted by molar-refractivity contribution is 5.98. The number of pyridine rings is 1. The van der Waals surface area contributed by atoms with Gasteiger partial charge in [0.05, 0.1) is 5.52 Å². The molecule has 154 valence electrons. The van der Waals surface area contributed by atoms with Crippen molar-refractivity contribution < 1.29 is 4.79 Å². The second kappa shape index (κ2) is 7.28. The fourth-order valence-electron chi connectivity index (χ4n) is 6.38. The summed E-state index contributed by atoms with van der Waals surface area (Å²) in [5, 5.41) is 0.631. The van der Waals surface area contributed by atoms with Crippen molar-refractivity contribution in [1.82, 2.24) is 9.47 Å². The van der Waals surface area contributed by atoms with Gasteiger partial charge in [-0.05, 0) is 57.7 Å². The maximum atomic E-state index is 13.4. The van der Waals surface area contributed by atoms with Crippen LogP contribution in [0.2, 0.25) is 0 Å². The summed E-state index contributed by atoms with van der Waals surface area (Å²) >= 11 is 0. The minimum atomic E-state index is -0.563. The van der Waals surface area contributed by atoms with Gasteiger partial charge in [-0.1, -0.05) is 31.4 Å². The average molecular weight is 394 g/mol. The molecule has 1 amide bonds. The number of primary amides is 1. The molecule has 2 aliphatic heterocycles. The Morgan fingerprint density at radius 2 is 1.62 bits per heavy atom. The van der Waals surface area contributed by atoms with Gasteiger partial charge < -0.3 is 15.2 Å². The van der Waals surface area contributed by atoms with Crippen LogP contribution in [0.25, 0.3) is 10.9 Å². The summed E-state index contributed by atoms with van der Waals surface area (Å²) in [7, 11) is 2.22. The number of aromatic nitrogens is 1. The molecule has 1 aliphatic carbocycles. The van der Waals surface area contributed by atoms with Gasteiger partial charge in [0.15, 0.2) is 0 Å². The highest BCUT2D eigenvalue weighted by Crippen LogP contribution is 2.45. The molecule has 2 aromatic rings. The van der Waals surface area contributed by atoms with Crippen molar-refractivity contribution in [2.75, 3.05) is 7.05 Å². The van der Waals surface area contributed by atoms with E-state index in [1.54, 1.807) is 0 Å². The van der Waals surface area contributed by atoms with Gasteiger partial charge in [0.25, 0.3) is 5.91 Å². The van der Waals surface area contributed by atoms with Crippen molar-refractivity contribution >= 4 is 16.8 Å². The standard InChI is InChI=1S/C24H31N3O2/c1-26-17-11-12-18(26)14-15(13-17)22-21(24(25)29)23(28)19-9-5-6-10-20(19)27(22)16-7-3-2-4-8-16/h5-6,9-10,15-18H,2-4,7-8,11-14H2,1H3,(H2,25,29). The number of nitrogens with two attached hydrogens (primary N) is 1. The van der Waals surface area contributed by atoms with E-state index in [1.165, 1.54) is 32.1 Å². The van der Waals surface area contributed by atoms with E-state index in [-0.39, 0.29) is 16.9 Å². The van der Waals surface area contributed by atoms with Crippen LogP contribution in [0.3, 0.4) is 0 Å². The topological polar surface area (TPSA) is 68.3 Å². The van der Waals surface area contributed by atoms with Crippen molar-refractivity contribution in [3.05, 3.63) is 45.7 Å². The van der Waals surface area contributed by atoms with Crippen molar-refractivity contribution in [3.8, 4) is 0 Å². The van der Waals surface area contributed by atoms with E-state index in [0.29, 0.717) is 23.5 Å². The third-order valence-electron chi connectivity index (χ3n) is 7.82. The minimum Gasteiger partial charge on any atom is -0.365 e. The fourth-order valence-corrected chi connectivity index (χ4v) is 6.38. The molecule has 0 spiro atoms. The Balaban J connectivity index is 1.77. The average Bonchev–Trinajstić information content (AvgIpc) is 2.94. The van der Waals surface area contributed by atoms with Crippen molar-refractivity contribution in [3.63, 3.8) is 0 Å².